The van der Waals surface area contributed by atoms with Gasteiger partial charge in [-0.3, -0.25) is 0 Å². The van der Waals surface area contributed by atoms with Crippen molar-refractivity contribution in [1.82, 2.24) is 0 Å². The molecule has 0 amide bonds. The summed E-state index contributed by atoms with van der Waals surface area (Å²) < 4.78 is 6.60. The molecule has 14 heavy (non-hydrogen) atoms. The van der Waals surface area contributed by atoms with E-state index in [4.69, 9.17) is 4.74 Å². The highest BCUT2D eigenvalue weighted by atomic mass is 33.1. The van der Waals surface area contributed by atoms with Crippen molar-refractivity contribution in [2.24, 2.45) is 0 Å². The Morgan fingerprint density at radius 2 is 2.07 bits per heavy atom. The van der Waals surface area contributed by atoms with Gasteiger partial charge >= 0.3 is 0 Å². The molecule has 1 aliphatic heterocycles. The maximum atomic E-state index is 6.23. The van der Waals surface area contributed by atoms with Gasteiger partial charge in [-0.15, -0.1) is 0 Å². The van der Waals surface area contributed by atoms with Crippen molar-refractivity contribution in [3.8, 4) is 0 Å². The molecular weight excluding hydrogens is 212 g/mol. The first-order valence-electron chi connectivity index (χ1n) is 5.43. The fraction of sp³-hybridized carbons (Fsp3) is 1.00. The SMILES string of the molecule is CC(C)(C)OC1C2CCCC1(C)SS2. The highest BCUT2D eigenvalue weighted by Gasteiger charge is 2.51. The Bertz CT molecular complexity index is 220. The average Bonchev–Trinajstić information content (AvgIpc) is 2.27. The Kier molecular flexibility index (Phi) is 2.87. The zero-order valence-electron chi connectivity index (χ0n) is 9.50. The lowest BCUT2D eigenvalue weighted by Gasteiger charge is -2.39. The summed E-state index contributed by atoms with van der Waals surface area (Å²) in [6.45, 7) is 8.87. The molecule has 0 aromatic rings. The zero-order chi connectivity index (χ0) is 10.4. The largest absolute Gasteiger partial charge is 0.370 e. The van der Waals surface area contributed by atoms with E-state index in [2.05, 4.69) is 49.3 Å². The normalized spacial score (nSPS) is 42.9. The van der Waals surface area contributed by atoms with Gasteiger partial charge < -0.3 is 4.74 Å². The van der Waals surface area contributed by atoms with Gasteiger partial charge in [-0.1, -0.05) is 28.0 Å². The maximum absolute atomic E-state index is 6.23. The van der Waals surface area contributed by atoms with Crippen LogP contribution >= 0.6 is 21.6 Å². The first kappa shape index (κ1) is 11.2. The third-order valence-corrected chi connectivity index (χ3v) is 6.76. The molecule has 0 aromatic heterocycles. The molecule has 0 spiro atoms. The monoisotopic (exact) mass is 232 g/mol. The molecule has 2 fully saturated rings. The van der Waals surface area contributed by atoms with E-state index in [1.807, 2.05) is 0 Å². The topological polar surface area (TPSA) is 9.23 Å². The standard InChI is InChI=1S/C11H20OS2/c1-10(2,3)12-9-8-6-5-7-11(9,4)14-13-8/h8-9H,5-7H2,1-4H3. The van der Waals surface area contributed by atoms with Gasteiger partial charge in [-0.05, 0) is 40.5 Å². The molecule has 1 saturated carbocycles. The Labute approximate surface area is 95.1 Å². The van der Waals surface area contributed by atoms with Crippen molar-refractivity contribution in [3.05, 3.63) is 0 Å². The summed E-state index contributed by atoms with van der Waals surface area (Å²) in [5.41, 5.74) is 0.00692. The summed E-state index contributed by atoms with van der Waals surface area (Å²) in [7, 11) is 4.11. The molecule has 1 heterocycles. The summed E-state index contributed by atoms with van der Waals surface area (Å²) in [5, 5.41) is 0.734. The van der Waals surface area contributed by atoms with Gasteiger partial charge in [0.2, 0.25) is 0 Å². The maximum Gasteiger partial charge on any atom is 0.0861 e. The van der Waals surface area contributed by atoms with E-state index in [-0.39, 0.29) is 5.60 Å². The van der Waals surface area contributed by atoms with Crippen LogP contribution in [0.15, 0.2) is 0 Å². The predicted molar refractivity (Wildman–Crippen MR) is 65.9 cm³/mol. The molecule has 0 aromatic carbocycles. The van der Waals surface area contributed by atoms with E-state index in [0.29, 0.717) is 10.9 Å². The van der Waals surface area contributed by atoms with Crippen LogP contribution in [0.25, 0.3) is 0 Å². The van der Waals surface area contributed by atoms with Gasteiger partial charge in [0.15, 0.2) is 0 Å². The molecule has 0 radical (unpaired) electrons. The fourth-order valence-corrected chi connectivity index (χ4v) is 6.12. The second-order valence-electron chi connectivity index (χ2n) is 5.57. The number of fused-ring (bicyclic) bond motifs is 2. The lowest BCUT2D eigenvalue weighted by Crippen LogP contribution is -2.47. The third-order valence-electron chi connectivity index (χ3n) is 2.94. The van der Waals surface area contributed by atoms with Crippen molar-refractivity contribution in [1.29, 1.82) is 0 Å². The van der Waals surface area contributed by atoms with Crippen molar-refractivity contribution < 1.29 is 4.74 Å². The number of hydrogen-bond donors (Lipinski definition) is 0. The van der Waals surface area contributed by atoms with Crippen LogP contribution in [-0.2, 0) is 4.74 Å². The van der Waals surface area contributed by atoms with Crippen LogP contribution in [0.2, 0.25) is 0 Å². The second-order valence-corrected chi connectivity index (χ2v) is 8.55. The zero-order valence-corrected chi connectivity index (χ0v) is 11.1. The van der Waals surface area contributed by atoms with Crippen molar-refractivity contribution in [2.75, 3.05) is 0 Å². The van der Waals surface area contributed by atoms with Gasteiger partial charge in [0, 0.05) is 5.25 Å². The first-order chi connectivity index (χ1) is 6.41. The minimum Gasteiger partial charge on any atom is -0.370 e. The summed E-state index contributed by atoms with van der Waals surface area (Å²) in [4.78, 5) is 0. The summed E-state index contributed by atoms with van der Waals surface area (Å²) in [6, 6.07) is 0. The Balaban J connectivity index is 2.11. The molecule has 0 N–H and O–H groups in total. The van der Waals surface area contributed by atoms with Gasteiger partial charge in [0.1, 0.15) is 0 Å². The van der Waals surface area contributed by atoms with Crippen LogP contribution in [0.5, 0.6) is 0 Å². The molecule has 2 rings (SSSR count). The number of hydrogen-bond acceptors (Lipinski definition) is 3. The van der Waals surface area contributed by atoms with E-state index in [1.54, 1.807) is 0 Å². The van der Waals surface area contributed by atoms with Gasteiger partial charge in [-0.2, -0.15) is 0 Å². The average molecular weight is 232 g/mol. The van der Waals surface area contributed by atoms with Crippen LogP contribution in [0.4, 0.5) is 0 Å². The van der Waals surface area contributed by atoms with Crippen LogP contribution in [-0.4, -0.2) is 21.7 Å². The first-order valence-corrected chi connectivity index (χ1v) is 7.64. The summed E-state index contributed by atoms with van der Waals surface area (Å²) >= 11 is 0. The smallest absolute Gasteiger partial charge is 0.0861 e. The van der Waals surface area contributed by atoms with E-state index in [1.165, 1.54) is 19.3 Å². The van der Waals surface area contributed by atoms with Crippen LogP contribution in [0.3, 0.4) is 0 Å². The molecule has 1 aliphatic carbocycles. The summed E-state index contributed by atoms with van der Waals surface area (Å²) in [6.07, 6.45) is 4.51. The highest BCUT2D eigenvalue weighted by molar-refractivity contribution is 8.78. The quantitative estimate of drug-likeness (QED) is 0.635. The van der Waals surface area contributed by atoms with Crippen molar-refractivity contribution >= 4 is 21.6 Å². The lowest BCUT2D eigenvalue weighted by molar-refractivity contribution is -0.0809. The van der Waals surface area contributed by atoms with Crippen LogP contribution in [0, 0.1) is 0 Å². The molecule has 82 valence electrons. The Hall–Kier alpha value is 0.660. The fourth-order valence-electron chi connectivity index (χ4n) is 2.28. The van der Waals surface area contributed by atoms with Gasteiger partial charge in [0.05, 0.1) is 16.5 Å². The molecule has 1 nitrogen and oxygen atoms in total. The van der Waals surface area contributed by atoms with Gasteiger partial charge in [-0.25, -0.2) is 0 Å². The molecule has 3 atom stereocenters. The number of rotatable bonds is 1. The summed E-state index contributed by atoms with van der Waals surface area (Å²) in [5.74, 6) is 0. The van der Waals surface area contributed by atoms with Crippen molar-refractivity contribution in [2.45, 2.75) is 68.7 Å². The minimum absolute atomic E-state index is 0.00692. The minimum atomic E-state index is 0.00692. The molecule has 1 saturated heterocycles. The van der Waals surface area contributed by atoms with Crippen molar-refractivity contribution in [3.63, 3.8) is 0 Å². The van der Waals surface area contributed by atoms with Gasteiger partial charge in [0.25, 0.3) is 0 Å². The van der Waals surface area contributed by atoms with E-state index >= 15 is 0 Å². The molecule has 3 unspecified atom stereocenters. The lowest BCUT2D eigenvalue weighted by atomic mass is 9.86. The second kappa shape index (κ2) is 3.60. The molecule has 3 heteroatoms. The van der Waals surface area contributed by atoms with E-state index < -0.39 is 0 Å². The highest BCUT2D eigenvalue weighted by Crippen LogP contribution is 2.59. The van der Waals surface area contributed by atoms with Crippen LogP contribution < -0.4 is 0 Å². The van der Waals surface area contributed by atoms with E-state index in [0.717, 1.165) is 5.25 Å². The van der Waals surface area contributed by atoms with E-state index in [9.17, 15) is 0 Å². The third kappa shape index (κ3) is 2.10. The molecular formula is C11H20OS2. The Morgan fingerprint density at radius 1 is 1.36 bits per heavy atom. The molecule has 2 aliphatic rings. The van der Waals surface area contributed by atoms with Crippen LogP contribution in [0.1, 0.15) is 47.0 Å². The number of ether oxygens (including phenoxy) is 1. The Morgan fingerprint density at radius 3 is 2.64 bits per heavy atom. The molecule has 2 bridgehead atoms. The predicted octanol–water partition coefficient (Wildman–Crippen LogP) is 3.88.